The van der Waals surface area contributed by atoms with E-state index in [1.54, 1.807) is 43.4 Å². The molecule has 1 aliphatic heterocycles. The van der Waals surface area contributed by atoms with Crippen molar-refractivity contribution in [2.24, 2.45) is 5.92 Å². The molecular weight excluding hydrogens is 561 g/mol. The molecule has 3 atom stereocenters. The normalized spacial score (nSPS) is 18.5. The zero-order valence-corrected chi connectivity index (χ0v) is 25.9. The molecule has 0 spiro atoms. The molecule has 1 aliphatic carbocycles. The van der Waals surface area contributed by atoms with Crippen molar-refractivity contribution in [1.29, 1.82) is 0 Å². The molecule has 1 fully saturated rings. The third kappa shape index (κ3) is 8.75. The third-order valence-electron chi connectivity index (χ3n) is 8.65. The van der Waals surface area contributed by atoms with Gasteiger partial charge in [0.25, 0.3) is 0 Å². The number of nitrogens with one attached hydrogen (secondary N) is 3. The molecule has 4 rings (SSSR count). The number of aryl methyl sites for hydroxylation is 1. The van der Waals surface area contributed by atoms with Crippen LogP contribution in [0.25, 0.3) is 0 Å². The second kappa shape index (κ2) is 15.6. The van der Waals surface area contributed by atoms with E-state index in [-0.39, 0.29) is 30.1 Å². The zero-order valence-electron chi connectivity index (χ0n) is 25.9. The first-order chi connectivity index (χ1) is 21.2. The predicted octanol–water partition coefficient (Wildman–Crippen LogP) is 3.22. The Morgan fingerprint density at radius 1 is 0.932 bits per heavy atom. The van der Waals surface area contributed by atoms with E-state index in [0.29, 0.717) is 19.4 Å². The van der Waals surface area contributed by atoms with Crippen molar-refractivity contribution in [1.82, 2.24) is 25.8 Å². The molecule has 9 nitrogen and oxygen atoms in total. The molecule has 0 unspecified atom stereocenters. The van der Waals surface area contributed by atoms with Gasteiger partial charge in [-0.05, 0) is 69.3 Å². The summed E-state index contributed by atoms with van der Waals surface area (Å²) >= 11 is 0. The summed E-state index contributed by atoms with van der Waals surface area (Å²) in [6.45, 7) is 3.77. The van der Waals surface area contributed by atoms with Gasteiger partial charge in [0.05, 0.1) is 12.6 Å². The highest BCUT2D eigenvalue weighted by Crippen LogP contribution is 2.27. The Morgan fingerprint density at radius 2 is 1.59 bits per heavy atom. The van der Waals surface area contributed by atoms with Gasteiger partial charge in [0.15, 0.2) is 0 Å². The van der Waals surface area contributed by atoms with Crippen molar-refractivity contribution in [3.63, 3.8) is 0 Å². The molecule has 10 heteroatoms. The number of hydrogen-bond donors (Lipinski definition) is 3. The van der Waals surface area contributed by atoms with Crippen LogP contribution in [0, 0.1) is 18.7 Å². The van der Waals surface area contributed by atoms with Crippen LogP contribution in [-0.4, -0.2) is 71.7 Å². The zero-order chi connectivity index (χ0) is 31.6. The number of likely N-dealkylation sites (N-methyl/N-ethyl adjacent to an activating group) is 1. The molecule has 0 saturated heterocycles. The lowest BCUT2D eigenvalue weighted by Crippen LogP contribution is -2.57. The first kappa shape index (κ1) is 32.9. The van der Waals surface area contributed by atoms with Gasteiger partial charge in [-0.25, -0.2) is 4.39 Å². The van der Waals surface area contributed by atoms with Crippen LogP contribution < -0.4 is 16.0 Å². The summed E-state index contributed by atoms with van der Waals surface area (Å²) in [5.41, 5.74) is 2.89. The quantitative estimate of drug-likeness (QED) is 0.344. The first-order valence-electron chi connectivity index (χ1n) is 15.5. The minimum atomic E-state index is -0.800. The number of amides is 4. The fourth-order valence-corrected chi connectivity index (χ4v) is 5.75. The highest BCUT2D eigenvalue weighted by Gasteiger charge is 2.36. The van der Waals surface area contributed by atoms with E-state index >= 15 is 0 Å². The number of carbonyl (C=O) groups is 4. The van der Waals surface area contributed by atoms with Gasteiger partial charge in [-0.15, -0.1) is 0 Å². The van der Waals surface area contributed by atoms with Crippen molar-refractivity contribution < 1.29 is 23.6 Å². The van der Waals surface area contributed by atoms with Crippen LogP contribution in [0.5, 0.6) is 0 Å². The number of nitrogens with zero attached hydrogens (tertiary/aromatic N) is 2. The summed E-state index contributed by atoms with van der Waals surface area (Å²) in [6.07, 6.45) is 8.75. The van der Waals surface area contributed by atoms with Crippen LogP contribution in [0.15, 0.2) is 60.9 Å². The summed E-state index contributed by atoms with van der Waals surface area (Å²) in [7, 11) is 1.68. The topological polar surface area (TPSA) is 111 Å². The minimum Gasteiger partial charge on any atom is -0.345 e. The van der Waals surface area contributed by atoms with Crippen molar-refractivity contribution in [3.8, 4) is 0 Å². The largest absolute Gasteiger partial charge is 0.345 e. The van der Waals surface area contributed by atoms with Gasteiger partial charge >= 0.3 is 0 Å². The smallest absolute Gasteiger partial charge is 0.250 e. The van der Waals surface area contributed by atoms with Crippen molar-refractivity contribution >= 4 is 23.6 Å². The minimum absolute atomic E-state index is 0.00716. The van der Waals surface area contributed by atoms with Crippen molar-refractivity contribution in [2.75, 3.05) is 20.1 Å². The van der Waals surface area contributed by atoms with Crippen LogP contribution in [0.3, 0.4) is 0 Å². The second-order valence-electron chi connectivity index (χ2n) is 11.8. The van der Waals surface area contributed by atoms with E-state index in [1.165, 1.54) is 17.0 Å². The average Bonchev–Trinajstić information content (AvgIpc) is 3.04. The fraction of sp³-hybridized carbons (Fsp3) is 0.471. The molecule has 1 heterocycles. The molecule has 2 aliphatic rings. The Morgan fingerprint density at radius 3 is 2.25 bits per heavy atom. The van der Waals surface area contributed by atoms with Gasteiger partial charge in [0.2, 0.25) is 23.6 Å². The highest BCUT2D eigenvalue weighted by molar-refractivity contribution is 5.94. The molecule has 1 saturated carbocycles. The Bertz CT molecular complexity index is 1320. The predicted molar refractivity (Wildman–Crippen MR) is 167 cm³/mol. The van der Waals surface area contributed by atoms with E-state index in [0.717, 1.165) is 48.8 Å². The number of carbonyl (C=O) groups excluding carboxylic acids is 4. The molecule has 2 aromatic rings. The van der Waals surface area contributed by atoms with Crippen molar-refractivity contribution in [3.05, 3.63) is 83.4 Å². The van der Waals surface area contributed by atoms with E-state index in [4.69, 9.17) is 0 Å². The Hall–Kier alpha value is -4.05. The molecule has 4 amide bonds. The van der Waals surface area contributed by atoms with Crippen LogP contribution in [0.4, 0.5) is 4.39 Å². The Kier molecular flexibility index (Phi) is 11.7. The summed E-state index contributed by atoms with van der Waals surface area (Å²) in [5.74, 6) is -1.65. The number of benzene rings is 2. The number of hydrogen-bond acceptors (Lipinski definition) is 5. The van der Waals surface area contributed by atoms with Crippen molar-refractivity contribution in [2.45, 2.75) is 76.9 Å². The fourth-order valence-electron chi connectivity index (χ4n) is 5.75. The van der Waals surface area contributed by atoms with E-state index in [2.05, 4.69) is 16.0 Å². The second-order valence-corrected chi connectivity index (χ2v) is 11.8. The van der Waals surface area contributed by atoms with E-state index < -0.39 is 29.9 Å². The standard InChI is InChI=1S/C34H44FN5O4/c1-23-9-11-26(12-10-23)21-29-34(44)39(18-17-25-13-15-28(35)16-14-25)19-20-40(29)30(41)22-37-33(43)31(27-7-5-4-6-8-27)38-32(42)24(2)36-3/h9-16,19-20,24,27,29,31,36H,4-8,17-18,21-22H2,1-3H3,(H,37,43)(H,38,42)/t24-,29-,31-/m0/s1. The van der Waals surface area contributed by atoms with E-state index in [1.807, 2.05) is 31.2 Å². The van der Waals surface area contributed by atoms with Gasteiger partial charge in [-0.1, -0.05) is 61.2 Å². The van der Waals surface area contributed by atoms with Crippen LogP contribution in [0.2, 0.25) is 0 Å². The maximum Gasteiger partial charge on any atom is 0.250 e. The number of rotatable bonds is 12. The van der Waals surface area contributed by atoms with Crippen LogP contribution in [0.1, 0.15) is 55.7 Å². The molecule has 236 valence electrons. The molecule has 3 N–H and O–H groups in total. The van der Waals surface area contributed by atoms with Crippen LogP contribution >= 0.6 is 0 Å². The molecule has 44 heavy (non-hydrogen) atoms. The maximum atomic E-state index is 13.7. The van der Waals surface area contributed by atoms with Gasteiger partial charge in [0, 0.05) is 25.4 Å². The molecule has 0 radical (unpaired) electrons. The molecule has 2 aromatic carbocycles. The summed E-state index contributed by atoms with van der Waals surface area (Å²) < 4.78 is 13.3. The highest BCUT2D eigenvalue weighted by atomic mass is 19.1. The molecule has 0 bridgehead atoms. The van der Waals surface area contributed by atoms with Crippen LogP contribution in [-0.2, 0) is 32.0 Å². The lowest BCUT2D eigenvalue weighted by atomic mass is 9.83. The van der Waals surface area contributed by atoms with Gasteiger partial charge in [0.1, 0.15) is 17.9 Å². The average molecular weight is 606 g/mol. The summed E-state index contributed by atoms with van der Waals surface area (Å²) in [4.78, 5) is 56.4. The molecular formula is C34H44FN5O4. The number of halogens is 1. The lowest BCUT2D eigenvalue weighted by Gasteiger charge is -2.36. The van der Waals surface area contributed by atoms with Gasteiger partial charge < -0.3 is 25.8 Å². The summed E-state index contributed by atoms with van der Waals surface area (Å²) in [6, 6.07) is 12.0. The van der Waals surface area contributed by atoms with E-state index in [9.17, 15) is 23.6 Å². The van der Waals surface area contributed by atoms with Gasteiger partial charge in [-0.2, -0.15) is 0 Å². The third-order valence-corrected chi connectivity index (χ3v) is 8.65. The van der Waals surface area contributed by atoms with Gasteiger partial charge in [-0.3, -0.25) is 19.2 Å². The SMILES string of the molecule is CN[C@@H](C)C(=O)N[C@H](C(=O)NCC(=O)N1C=CN(CCc2ccc(F)cc2)C(=O)[C@@H]1Cc1ccc(C)cc1)C1CCCCC1. The lowest BCUT2D eigenvalue weighted by molar-refractivity contribution is -0.143. The molecule has 0 aromatic heterocycles. The first-order valence-corrected chi connectivity index (χ1v) is 15.5. The summed E-state index contributed by atoms with van der Waals surface area (Å²) in [5, 5.41) is 8.55. The Labute approximate surface area is 259 Å². The monoisotopic (exact) mass is 605 g/mol. The Balaban J connectivity index is 1.47. The maximum absolute atomic E-state index is 13.7.